The molecule has 0 fully saturated rings. The molecule has 0 unspecified atom stereocenters. The van der Waals surface area contributed by atoms with E-state index in [4.69, 9.17) is 4.74 Å². The fourth-order valence-corrected chi connectivity index (χ4v) is 3.93. The van der Waals surface area contributed by atoms with Crippen LogP contribution in [0.15, 0.2) is 66.2 Å². The first-order valence-electron chi connectivity index (χ1n) is 12.1. The van der Waals surface area contributed by atoms with Gasteiger partial charge < -0.3 is 20.1 Å². The standard InChI is InChI=1S/C26H30N6O4/c1-19-7-11-21(12-8-19)32-17-23(33)24(26(32)35)25(34)28-20-9-13-22(14-10-20)36-16-6-4-2-3-5-15-31-18-27-29-30-31/h7-14,18,33H,2-6,15-17H2,1H3,(H,28,34). The van der Waals surface area contributed by atoms with Gasteiger partial charge in [0.15, 0.2) is 0 Å². The first kappa shape index (κ1) is 24.9. The minimum Gasteiger partial charge on any atom is -0.509 e. The van der Waals surface area contributed by atoms with Crippen LogP contribution in [-0.2, 0) is 16.1 Å². The molecule has 36 heavy (non-hydrogen) atoms. The number of aliphatic hydroxyl groups is 1. The fourth-order valence-electron chi connectivity index (χ4n) is 3.93. The van der Waals surface area contributed by atoms with Gasteiger partial charge in [-0.25, -0.2) is 4.68 Å². The molecular weight excluding hydrogens is 460 g/mol. The van der Waals surface area contributed by atoms with Crippen LogP contribution in [0.5, 0.6) is 5.75 Å². The summed E-state index contributed by atoms with van der Waals surface area (Å²) < 4.78 is 7.52. The molecule has 2 amide bonds. The molecule has 2 N–H and O–H groups in total. The normalized spacial score (nSPS) is 13.4. The zero-order chi connectivity index (χ0) is 25.3. The first-order chi connectivity index (χ1) is 17.5. The van der Waals surface area contributed by atoms with E-state index in [0.717, 1.165) is 44.2 Å². The SMILES string of the molecule is Cc1ccc(N2CC(O)=C(C(=O)Nc3ccc(OCCCCCCCn4cnnn4)cc3)C2=O)cc1. The molecule has 2 heterocycles. The summed E-state index contributed by atoms with van der Waals surface area (Å²) in [6.07, 6.45) is 6.94. The summed E-state index contributed by atoms with van der Waals surface area (Å²) in [5, 5.41) is 24.1. The van der Waals surface area contributed by atoms with Crippen molar-refractivity contribution in [2.75, 3.05) is 23.4 Å². The van der Waals surface area contributed by atoms with E-state index in [1.54, 1.807) is 47.4 Å². The van der Waals surface area contributed by atoms with Crippen LogP contribution in [0.4, 0.5) is 11.4 Å². The van der Waals surface area contributed by atoms with E-state index in [9.17, 15) is 14.7 Å². The largest absolute Gasteiger partial charge is 0.509 e. The Balaban J connectivity index is 1.17. The summed E-state index contributed by atoms with van der Waals surface area (Å²) in [6.45, 7) is 3.37. The Morgan fingerprint density at radius 2 is 1.75 bits per heavy atom. The summed E-state index contributed by atoms with van der Waals surface area (Å²) in [7, 11) is 0. The molecule has 4 rings (SSSR count). The third-order valence-electron chi connectivity index (χ3n) is 5.93. The number of ether oxygens (including phenoxy) is 1. The maximum Gasteiger partial charge on any atom is 0.267 e. The number of hydrogen-bond acceptors (Lipinski definition) is 7. The first-order valence-corrected chi connectivity index (χ1v) is 12.1. The van der Waals surface area contributed by atoms with Crippen LogP contribution in [0, 0.1) is 6.92 Å². The highest BCUT2D eigenvalue weighted by Gasteiger charge is 2.36. The number of amides is 2. The number of carbonyl (C=O) groups excluding carboxylic acids is 2. The number of aryl methyl sites for hydroxylation is 2. The van der Waals surface area contributed by atoms with Gasteiger partial charge in [0.2, 0.25) is 0 Å². The third kappa shape index (κ3) is 6.47. The number of anilines is 2. The molecule has 0 saturated heterocycles. The van der Waals surface area contributed by atoms with Gasteiger partial charge in [0.1, 0.15) is 23.4 Å². The predicted octanol–water partition coefficient (Wildman–Crippen LogP) is 3.81. The van der Waals surface area contributed by atoms with Gasteiger partial charge in [0, 0.05) is 17.9 Å². The zero-order valence-corrected chi connectivity index (χ0v) is 20.3. The molecule has 1 aliphatic heterocycles. The number of aromatic nitrogens is 4. The minimum absolute atomic E-state index is 0.0310. The van der Waals surface area contributed by atoms with Crippen molar-refractivity contribution in [2.45, 2.75) is 45.6 Å². The average molecular weight is 491 g/mol. The molecule has 10 heteroatoms. The van der Waals surface area contributed by atoms with Gasteiger partial charge in [0.05, 0.1) is 13.2 Å². The predicted molar refractivity (Wildman–Crippen MR) is 135 cm³/mol. The molecular formula is C26H30N6O4. The van der Waals surface area contributed by atoms with Crippen LogP contribution in [0.2, 0.25) is 0 Å². The Morgan fingerprint density at radius 1 is 1.03 bits per heavy atom. The van der Waals surface area contributed by atoms with Gasteiger partial charge >= 0.3 is 0 Å². The molecule has 0 atom stereocenters. The zero-order valence-electron chi connectivity index (χ0n) is 20.3. The average Bonchev–Trinajstić information content (AvgIpc) is 3.49. The van der Waals surface area contributed by atoms with Gasteiger partial charge in [-0.2, -0.15) is 0 Å². The van der Waals surface area contributed by atoms with E-state index in [1.165, 1.54) is 4.90 Å². The second-order valence-electron chi connectivity index (χ2n) is 8.72. The highest BCUT2D eigenvalue weighted by atomic mass is 16.5. The number of unbranched alkanes of at least 4 members (excludes halogenated alkanes) is 4. The summed E-state index contributed by atoms with van der Waals surface area (Å²) in [4.78, 5) is 26.9. The molecule has 0 bridgehead atoms. The molecule has 3 aromatic rings. The summed E-state index contributed by atoms with van der Waals surface area (Å²) in [5.41, 5.74) is 1.96. The van der Waals surface area contributed by atoms with E-state index < -0.39 is 11.8 Å². The smallest absolute Gasteiger partial charge is 0.267 e. The molecule has 0 spiro atoms. The van der Waals surface area contributed by atoms with Crippen molar-refractivity contribution in [3.05, 3.63) is 71.8 Å². The van der Waals surface area contributed by atoms with E-state index in [1.807, 2.05) is 19.1 Å². The fraction of sp³-hybridized carbons (Fsp3) is 0.346. The maximum absolute atomic E-state index is 12.8. The van der Waals surface area contributed by atoms with Gasteiger partial charge in [-0.15, -0.1) is 5.10 Å². The van der Waals surface area contributed by atoms with Crippen LogP contribution in [0.1, 0.15) is 37.7 Å². The second-order valence-corrected chi connectivity index (χ2v) is 8.72. The molecule has 1 aliphatic rings. The van der Waals surface area contributed by atoms with E-state index in [2.05, 4.69) is 20.8 Å². The van der Waals surface area contributed by atoms with Crippen LogP contribution >= 0.6 is 0 Å². The highest BCUT2D eigenvalue weighted by molar-refractivity contribution is 6.29. The van der Waals surface area contributed by atoms with Gasteiger partial charge in [-0.05, 0) is 66.6 Å². The van der Waals surface area contributed by atoms with E-state index in [0.29, 0.717) is 23.7 Å². The number of carbonyl (C=O) groups is 2. The molecule has 0 aliphatic carbocycles. The lowest BCUT2D eigenvalue weighted by molar-refractivity contribution is -0.119. The molecule has 2 aromatic carbocycles. The van der Waals surface area contributed by atoms with Crippen molar-refractivity contribution in [1.82, 2.24) is 20.2 Å². The van der Waals surface area contributed by atoms with Gasteiger partial charge in [-0.3, -0.25) is 9.59 Å². The Labute approximate surface area is 209 Å². The number of tetrazole rings is 1. The van der Waals surface area contributed by atoms with Crippen LogP contribution in [-0.4, -0.2) is 50.3 Å². The lowest BCUT2D eigenvalue weighted by Gasteiger charge is -2.16. The molecule has 10 nitrogen and oxygen atoms in total. The van der Waals surface area contributed by atoms with Crippen LogP contribution in [0.25, 0.3) is 0 Å². The minimum atomic E-state index is -0.638. The van der Waals surface area contributed by atoms with Crippen molar-refractivity contribution in [2.24, 2.45) is 0 Å². The second kappa shape index (κ2) is 12.0. The molecule has 0 saturated carbocycles. The van der Waals surface area contributed by atoms with Crippen molar-refractivity contribution >= 4 is 23.2 Å². The lowest BCUT2D eigenvalue weighted by atomic mass is 10.1. The Bertz CT molecular complexity index is 1190. The number of nitrogens with one attached hydrogen (secondary N) is 1. The van der Waals surface area contributed by atoms with Crippen molar-refractivity contribution in [1.29, 1.82) is 0 Å². The number of hydrogen-bond donors (Lipinski definition) is 2. The summed E-state index contributed by atoms with van der Waals surface area (Å²) in [6, 6.07) is 14.3. The van der Waals surface area contributed by atoms with Crippen molar-refractivity contribution in [3.63, 3.8) is 0 Å². The van der Waals surface area contributed by atoms with E-state index >= 15 is 0 Å². The Kier molecular flexibility index (Phi) is 8.28. The third-order valence-corrected chi connectivity index (χ3v) is 5.93. The molecule has 1 aromatic heterocycles. The molecule has 188 valence electrons. The lowest BCUT2D eigenvalue weighted by Crippen LogP contribution is -2.30. The Hall–Kier alpha value is -4.21. The van der Waals surface area contributed by atoms with E-state index in [-0.39, 0.29) is 17.9 Å². The monoisotopic (exact) mass is 490 g/mol. The van der Waals surface area contributed by atoms with Crippen molar-refractivity contribution < 1.29 is 19.4 Å². The van der Waals surface area contributed by atoms with Gasteiger partial charge in [-0.1, -0.05) is 37.0 Å². The number of aliphatic hydroxyl groups excluding tert-OH is 1. The number of nitrogens with zero attached hydrogens (tertiary/aromatic N) is 5. The highest BCUT2D eigenvalue weighted by Crippen LogP contribution is 2.26. The quantitative estimate of drug-likeness (QED) is 0.292. The molecule has 0 radical (unpaired) electrons. The number of benzene rings is 2. The Morgan fingerprint density at radius 3 is 2.47 bits per heavy atom. The topological polar surface area (TPSA) is 122 Å². The van der Waals surface area contributed by atoms with Gasteiger partial charge in [0.25, 0.3) is 11.8 Å². The maximum atomic E-state index is 12.8. The van der Waals surface area contributed by atoms with Crippen LogP contribution in [0.3, 0.4) is 0 Å². The van der Waals surface area contributed by atoms with Crippen LogP contribution < -0.4 is 15.0 Å². The summed E-state index contributed by atoms with van der Waals surface area (Å²) >= 11 is 0. The van der Waals surface area contributed by atoms with Crippen molar-refractivity contribution in [3.8, 4) is 5.75 Å². The summed E-state index contributed by atoms with van der Waals surface area (Å²) in [5.74, 6) is -0.699. The number of rotatable bonds is 12.